The zero-order chi connectivity index (χ0) is 18.4. The first-order valence-corrected chi connectivity index (χ1v) is 11.7. The molecular weight excluding hydrogens is 404 g/mol. The topological polar surface area (TPSA) is 67.8 Å². The van der Waals surface area contributed by atoms with Crippen molar-refractivity contribution < 1.29 is 4.79 Å². The van der Waals surface area contributed by atoms with E-state index < -0.39 is 0 Å². The number of aryl methyl sites for hydroxylation is 1. The summed E-state index contributed by atoms with van der Waals surface area (Å²) in [5.74, 6) is 1.69. The Labute approximate surface area is 169 Å². The lowest BCUT2D eigenvalue weighted by Gasteiger charge is -2.04. The van der Waals surface area contributed by atoms with Crippen LogP contribution in [0.2, 0.25) is 0 Å². The quantitative estimate of drug-likeness (QED) is 0.521. The average molecular weight is 423 g/mol. The van der Waals surface area contributed by atoms with Gasteiger partial charge in [-0.15, -0.1) is 21.5 Å². The smallest absolute Gasteiger partial charge is 0.231 e. The van der Waals surface area contributed by atoms with E-state index >= 15 is 0 Å². The minimum Gasteiger partial charge on any atom is -0.326 e. The highest BCUT2D eigenvalue weighted by Gasteiger charge is 2.10. The standard InChI is InChI=1S/C17H18N4OS4/c1-3-23-16-20-21-17(26-16)25-10-13-9-24-15(19-13)8-14(22)18-12-6-4-11(2)5-7-12/h4-7,9H,3,8,10H2,1-2H3,(H,18,22). The number of carbonyl (C=O) groups excluding carboxylic acids is 1. The maximum absolute atomic E-state index is 12.2. The molecule has 9 heteroatoms. The number of hydrogen-bond donors (Lipinski definition) is 1. The Balaban J connectivity index is 1.49. The van der Waals surface area contributed by atoms with Gasteiger partial charge in [0.05, 0.1) is 12.1 Å². The summed E-state index contributed by atoms with van der Waals surface area (Å²) in [4.78, 5) is 16.7. The molecule has 1 aromatic carbocycles. The van der Waals surface area contributed by atoms with Crippen molar-refractivity contribution in [3.63, 3.8) is 0 Å². The van der Waals surface area contributed by atoms with Crippen LogP contribution in [0.3, 0.4) is 0 Å². The Kier molecular flexibility index (Phi) is 7.07. The van der Waals surface area contributed by atoms with Gasteiger partial charge in [0, 0.05) is 16.8 Å². The van der Waals surface area contributed by atoms with Gasteiger partial charge >= 0.3 is 0 Å². The number of amides is 1. The SMILES string of the molecule is CCSc1nnc(SCc2csc(CC(=O)Nc3ccc(C)cc3)n2)s1. The molecule has 1 N–H and O–H groups in total. The minimum absolute atomic E-state index is 0.0484. The van der Waals surface area contributed by atoms with Gasteiger partial charge in [-0.1, -0.05) is 59.5 Å². The molecule has 3 rings (SSSR count). The number of aromatic nitrogens is 3. The molecule has 0 fully saturated rings. The van der Waals surface area contributed by atoms with Crippen molar-refractivity contribution in [1.82, 2.24) is 15.2 Å². The highest BCUT2D eigenvalue weighted by molar-refractivity contribution is 8.02. The van der Waals surface area contributed by atoms with Gasteiger partial charge in [-0.3, -0.25) is 4.79 Å². The van der Waals surface area contributed by atoms with Gasteiger partial charge in [0.1, 0.15) is 5.01 Å². The van der Waals surface area contributed by atoms with E-state index in [0.29, 0.717) is 6.42 Å². The Hall–Kier alpha value is -1.42. The van der Waals surface area contributed by atoms with E-state index in [0.717, 1.165) is 36.6 Å². The molecule has 26 heavy (non-hydrogen) atoms. The molecule has 2 aromatic heterocycles. The van der Waals surface area contributed by atoms with E-state index in [-0.39, 0.29) is 5.91 Å². The molecular formula is C17H18N4OS4. The molecule has 0 bridgehead atoms. The predicted molar refractivity (Wildman–Crippen MR) is 111 cm³/mol. The van der Waals surface area contributed by atoms with Crippen LogP contribution in [-0.4, -0.2) is 26.8 Å². The number of thioether (sulfide) groups is 2. The first kappa shape index (κ1) is 19.3. The summed E-state index contributed by atoms with van der Waals surface area (Å²) in [7, 11) is 0. The fraction of sp³-hybridized carbons (Fsp3) is 0.294. The van der Waals surface area contributed by atoms with Crippen molar-refractivity contribution in [3.8, 4) is 0 Å². The van der Waals surface area contributed by atoms with Crippen LogP contribution >= 0.6 is 46.2 Å². The Bertz CT molecular complexity index is 860. The average Bonchev–Trinajstić information content (AvgIpc) is 3.25. The molecule has 2 heterocycles. The van der Waals surface area contributed by atoms with Crippen LogP contribution in [0.15, 0.2) is 38.3 Å². The lowest BCUT2D eigenvalue weighted by Crippen LogP contribution is -2.14. The van der Waals surface area contributed by atoms with Crippen LogP contribution in [0.25, 0.3) is 0 Å². The van der Waals surface area contributed by atoms with Gasteiger partial charge in [-0.05, 0) is 24.8 Å². The number of nitrogens with zero attached hydrogens (tertiary/aromatic N) is 3. The molecule has 0 aliphatic rings. The zero-order valence-corrected chi connectivity index (χ0v) is 17.7. The second kappa shape index (κ2) is 9.50. The maximum Gasteiger partial charge on any atom is 0.231 e. The third-order valence-corrected chi connectivity index (χ3v) is 7.25. The van der Waals surface area contributed by atoms with Crippen LogP contribution in [-0.2, 0) is 17.0 Å². The molecule has 3 aromatic rings. The molecule has 1 amide bonds. The highest BCUT2D eigenvalue weighted by Crippen LogP contribution is 2.30. The number of hydrogen-bond acceptors (Lipinski definition) is 8. The molecule has 0 atom stereocenters. The number of benzene rings is 1. The van der Waals surface area contributed by atoms with E-state index in [2.05, 4.69) is 27.4 Å². The third-order valence-electron chi connectivity index (χ3n) is 3.25. The lowest BCUT2D eigenvalue weighted by molar-refractivity contribution is -0.115. The monoisotopic (exact) mass is 422 g/mol. The molecule has 0 saturated heterocycles. The molecule has 136 valence electrons. The van der Waals surface area contributed by atoms with Crippen LogP contribution in [0.5, 0.6) is 0 Å². The summed E-state index contributed by atoms with van der Waals surface area (Å²) in [6, 6.07) is 7.77. The van der Waals surface area contributed by atoms with Gasteiger partial charge in [0.2, 0.25) is 5.91 Å². The predicted octanol–water partition coefficient (Wildman–Crippen LogP) is 4.89. The first-order valence-electron chi connectivity index (χ1n) is 8.01. The van der Waals surface area contributed by atoms with Crippen LogP contribution in [0.4, 0.5) is 5.69 Å². The van der Waals surface area contributed by atoms with E-state index in [4.69, 9.17) is 0 Å². The number of rotatable bonds is 8. The number of thiazole rings is 1. The van der Waals surface area contributed by atoms with Gasteiger partial charge in [-0.2, -0.15) is 0 Å². The highest BCUT2D eigenvalue weighted by atomic mass is 32.2. The summed E-state index contributed by atoms with van der Waals surface area (Å²) in [6.45, 7) is 4.12. The van der Waals surface area contributed by atoms with Crippen molar-refractivity contribution in [2.24, 2.45) is 0 Å². The van der Waals surface area contributed by atoms with Crippen molar-refractivity contribution in [1.29, 1.82) is 0 Å². The Morgan fingerprint density at radius 3 is 2.62 bits per heavy atom. The van der Waals surface area contributed by atoms with Gasteiger partial charge in [0.15, 0.2) is 8.68 Å². The van der Waals surface area contributed by atoms with Crippen molar-refractivity contribution in [2.45, 2.75) is 34.7 Å². The molecule has 0 unspecified atom stereocenters. The molecule has 0 aliphatic heterocycles. The molecule has 0 spiro atoms. The third kappa shape index (κ3) is 5.80. The fourth-order valence-corrected chi connectivity index (χ4v) is 5.76. The number of carbonyl (C=O) groups is 1. The van der Waals surface area contributed by atoms with Gasteiger partial charge in [0.25, 0.3) is 0 Å². The lowest BCUT2D eigenvalue weighted by atomic mass is 10.2. The molecule has 0 radical (unpaired) electrons. The summed E-state index contributed by atoms with van der Waals surface area (Å²) in [5.41, 5.74) is 2.95. The summed E-state index contributed by atoms with van der Waals surface area (Å²) in [6.07, 6.45) is 0.291. The van der Waals surface area contributed by atoms with Gasteiger partial charge < -0.3 is 5.32 Å². The zero-order valence-electron chi connectivity index (χ0n) is 14.4. The summed E-state index contributed by atoms with van der Waals surface area (Å²) in [5, 5.41) is 14.1. The maximum atomic E-state index is 12.2. The van der Waals surface area contributed by atoms with Crippen LogP contribution in [0.1, 0.15) is 23.2 Å². The second-order valence-corrected chi connectivity index (χ2v) is 10.0. The Morgan fingerprint density at radius 1 is 1.15 bits per heavy atom. The first-order chi connectivity index (χ1) is 12.6. The van der Waals surface area contributed by atoms with Crippen molar-refractivity contribution in [2.75, 3.05) is 11.1 Å². The fourth-order valence-electron chi connectivity index (χ4n) is 2.05. The normalized spacial score (nSPS) is 10.8. The summed E-state index contributed by atoms with van der Waals surface area (Å²) < 4.78 is 1.95. The van der Waals surface area contributed by atoms with Gasteiger partial charge in [-0.25, -0.2) is 4.98 Å². The van der Waals surface area contributed by atoms with E-state index in [1.807, 2.05) is 36.6 Å². The second-order valence-electron chi connectivity index (χ2n) is 5.38. The van der Waals surface area contributed by atoms with E-state index in [1.54, 1.807) is 34.9 Å². The number of nitrogens with one attached hydrogen (secondary N) is 1. The largest absolute Gasteiger partial charge is 0.326 e. The number of anilines is 1. The van der Waals surface area contributed by atoms with Crippen molar-refractivity contribution in [3.05, 3.63) is 45.9 Å². The minimum atomic E-state index is -0.0484. The Morgan fingerprint density at radius 2 is 1.88 bits per heavy atom. The molecule has 5 nitrogen and oxygen atoms in total. The molecule has 0 saturated carbocycles. The van der Waals surface area contributed by atoms with E-state index in [9.17, 15) is 4.79 Å². The van der Waals surface area contributed by atoms with E-state index in [1.165, 1.54) is 16.9 Å². The molecule has 0 aliphatic carbocycles. The summed E-state index contributed by atoms with van der Waals surface area (Å²) >= 11 is 6.46. The van der Waals surface area contributed by atoms with Crippen molar-refractivity contribution >= 4 is 57.8 Å². The van der Waals surface area contributed by atoms with Crippen LogP contribution in [0, 0.1) is 6.92 Å². The van der Waals surface area contributed by atoms with Crippen LogP contribution < -0.4 is 5.32 Å².